The molecule has 3 aromatic rings. The Morgan fingerprint density at radius 3 is 2.79 bits per heavy atom. The molecule has 1 aromatic heterocycles. The van der Waals surface area contributed by atoms with Gasteiger partial charge < -0.3 is 14.2 Å². The number of nitrogens with zero attached hydrogens (tertiary/aromatic N) is 2. The summed E-state index contributed by atoms with van der Waals surface area (Å²) in [4.78, 5) is 4.57. The third-order valence-corrected chi connectivity index (χ3v) is 4.64. The van der Waals surface area contributed by atoms with Crippen LogP contribution in [0.3, 0.4) is 0 Å². The van der Waals surface area contributed by atoms with Crippen LogP contribution in [0.1, 0.15) is 18.9 Å². The van der Waals surface area contributed by atoms with Gasteiger partial charge in [-0.2, -0.15) is 5.10 Å². The second-order valence-electron chi connectivity index (χ2n) is 5.90. The topological polar surface area (TPSA) is 65.0 Å². The SMILES string of the molecule is CCCOc1cc(/C=N\Nc2nc(-c3cccc(OC)c3)cs2)ccc1OC. The molecule has 0 amide bonds. The molecule has 0 atom stereocenters. The second kappa shape index (κ2) is 9.75. The number of rotatable bonds is 9. The number of nitrogens with one attached hydrogen (secondary N) is 1. The van der Waals surface area contributed by atoms with E-state index in [1.807, 2.05) is 47.8 Å². The zero-order chi connectivity index (χ0) is 19.8. The lowest BCUT2D eigenvalue weighted by molar-refractivity contribution is 0.294. The van der Waals surface area contributed by atoms with Crippen LogP contribution in [0.2, 0.25) is 0 Å². The van der Waals surface area contributed by atoms with Crippen LogP contribution >= 0.6 is 11.3 Å². The highest BCUT2D eigenvalue weighted by Crippen LogP contribution is 2.29. The summed E-state index contributed by atoms with van der Waals surface area (Å²) in [6.45, 7) is 2.71. The fourth-order valence-electron chi connectivity index (χ4n) is 2.50. The van der Waals surface area contributed by atoms with Crippen molar-refractivity contribution in [2.24, 2.45) is 5.10 Å². The molecule has 0 saturated carbocycles. The molecular formula is C21H23N3O3S. The Labute approximate surface area is 168 Å². The Hall–Kier alpha value is -3.06. The molecule has 28 heavy (non-hydrogen) atoms. The Bertz CT molecular complexity index is 940. The zero-order valence-electron chi connectivity index (χ0n) is 16.1. The standard InChI is InChI=1S/C21H23N3O3S/c1-4-10-27-20-11-15(8-9-19(20)26-3)13-22-24-21-23-18(14-28-21)16-6-5-7-17(12-16)25-2/h5-9,11-14H,4,10H2,1-3H3,(H,23,24)/b22-13-. The molecule has 3 rings (SSSR count). The average Bonchev–Trinajstić information content (AvgIpc) is 3.21. The van der Waals surface area contributed by atoms with Gasteiger partial charge in [0.1, 0.15) is 5.75 Å². The molecule has 1 N–H and O–H groups in total. The van der Waals surface area contributed by atoms with Crippen LogP contribution in [-0.2, 0) is 0 Å². The van der Waals surface area contributed by atoms with Crippen LogP contribution in [0.5, 0.6) is 17.2 Å². The van der Waals surface area contributed by atoms with Gasteiger partial charge >= 0.3 is 0 Å². The summed E-state index contributed by atoms with van der Waals surface area (Å²) in [7, 11) is 3.28. The first kappa shape index (κ1) is 19.7. The quantitative estimate of drug-likeness (QED) is 0.404. The summed E-state index contributed by atoms with van der Waals surface area (Å²) in [5, 5.41) is 6.98. The number of aromatic nitrogens is 1. The zero-order valence-corrected chi connectivity index (χ0v) is 17.0. The van der Waals surface area contributed by atoms with Crippen molar-refractivity contribution in [3.63, 3.8) is 0 Å². The van der Waals surface area contributed by atoms with Gasteiger partial charge in [0.2, 0.25) is 5.13 Å². The van der Waals surface area contributed by atoms with Crippen LogP contribution in [0.15, 0.2) is 52.9 Å². The van der Waals surface area contributed by atoms with Gasteiger partial charge in [-0.3, -0.25) is 5.43 Å². The fraction of sp³-hybridized carbons (Fsp3) is 0.238. The second-order valence-corrected chi connectivity index (χ2v) is 6.76. The van der Waals surface area contributed by atoms with E-state index in [4.69, 9.17) is 14.2 Å². The Morgan fingerprint density at radius 2 is 2.00 bits per heavy atom. The number of anilines is 1. The van der Waals surface area contributed by atoms with Crippen LogP contribution in [0.25, 0.3) is 11.3 Å². The van der Waals surface area contributed by atoms with E-state index in [0.29, 0.717) is 23.2 Å². The molecule has 0 spiro atoms. The first-order chi connectivity index (χ1) is 13.7. The maximum atomic E-state index is 5.73. The molecule has 0 unspecified atom stereocenters. The van der Waals surface area contributed by atoms with E-state index in [-0.39, 0.29) is 0 Å². The summed E-state index contributed by atoms with van der Waals surface area (Å²) < 4.78 is 16.3. The van der Waals surface area contributed by atoms with Gasteiger partial charge in [-0.25, -0.2) is 4.98 Å². The number of benzene rings is 2. The molecule has 0 aliphatic carbocycles. The predicted octanol–water partition coefficient (Wildman–Crippen LogP) is 5.06. The van der Waals surface area contributed by atoms with Gasteiger partial charge in [0.15, 0.2) is 11.5 Å². The van der Waals surface area contributed by atoms with E-state index in [2.05, 4.69) is 22.4 Å². The lowest BCUT2D eigenvalue weighted by atomic mass is 10.2. The van der Waals surface area contributed by atoms with Gasteiger partial charge in [-0.15, -0.1) is 11.3 Å². The third kappa shape index (κ3) is 5.01. The minimum absolute atomic E-state index is 0.640. The normalized spacial score (nSPS) is 10.8. The number of methoxy groups -OCH3 is 2. The largest absolute Gasteiger partial charge is 0.497 e. The minimum Gasteiger partial charge on any atom is -0.497 e. The van der Waals surface area contributed by atoms with E-state index in [0.717, 1.165) is 29.0 Å². The summed E-state index contributed by atoms with van der Waals surface area (Å²) in [6, 6.07) is 13.5. The highest BCUT2D eigenvalue weighted by Gasteiger charge is 2.06. The molecule has 0 saturated heterocycles. The lowest BCUT2D eigenvalue weighted by Crippen LogP contribution is -1.99. The molecule has 0 bridgehead atoms. The van der Waals surface area contributed by atoms with Crippen molar-refractivity contribution < 1.29 is 14.2 Å². The van der Waals surface area contributed by atoms with Gasteiger partial charge in [-0.1, -0.05) is 19.1 Å². The molecule has 1 heterocycles. The highest BCUT2D eigenvalue weighted by atomic mass is 32.1. The molecular weight excluding hydrogens is 374 g/mol. The predicted molar refractivity (Wildman–Crippen MR) is 114 cm³/mol. The Balaban J connectivity index is 1.67. The lowest BCUT2D eigenvalue weighted by Gasteiger charge is -2.10. The van der Waals surface area contributed by atoms with Crippen LogP contribution in [0, 0.1) is 0 Å². The van der Waals surface area contributed by atoms with Crippen molar-refractivity contribution in [3.8, 4) is 28.5 Å². The molecule has 0 fully saturated rings. The molecule has 146 valence electrons. The molecule has 0 radical (unpaired) electrons. The van der Waals surface area contributed by atoms with Crippen molar-refractivity contribution in [2.45, 2.75) is 13.3 Å². The fourth-order valence-corrected chi connectivity index (χ4v) is 3.17. The maximum absolute atomic E-state index is 5.73. The molecule has 6 nitrogen and oxygen atoms in total. The van der Waals surface area contributed by atoms with E-state index < -0.39 is 0 Å². The van der Waals surface area contributed by atoms with Gasteiger partial charge in [0.25, 0.3) is 0 Å². The molecule has 0 aliphatic heterocycles. The maximum Gasteiger partial charge on any atom is 0.203 e. The van der Waals surface area contributed by atoms with Crippen molar-refractivity contribution in [1.82, 2.24) is 4.98 Å². The monoisotopic (exact) mass is 397 g/mol. The average molecular weight is 398 g/mol. The van der Waals surface area contributed by atoms with Crippen molar-refractivity contribution in [1.29, 1.82) is 0 Å². The van der Waals surface area contributed by atoms with Crippen LogP contribution in [-0.4, -0.2) is 32.0 Å². The van der Waals surface area contributed by atoms with Crippen molar-refractivity contribution in [3.05, 3.63) is 53.4 Å². The minimum atomic E-state index is 0.640. The third-order valence-electron chi connectivity index (χ3n) is 3.89. The van der Waals surface area contributed by atoms with Gasteiger partial charge in [0, 0.05) is 10.9 Å². The van der Waals surface area contributed by atoms with Crippen LogP contribution < -0.4 is 19.6 Å². The summed E-state index contributed by atoms with van der Waals surface area (Å²) >= 11 is 1.49. The number of hydrazone groups is 1. The Morgan fingerprint density at radius 1 is 1.11 bits per heavy atom. The van der Waals surface area contributed by atoms with Crippen molar-refractivity contribution in [2.75, 3.05) is 26.3 Å². The highest BCUT2D eigenvalue weighted by molar-refractivity contribution is 7.14. The van der Waals surface area contributed by atoms with E-state index in [1.165, 1.54) is 11.3 Å². The number of ether oxygens (including phenoxy) is 3. The summed E-state index contributed by atoms with van der Waals surface area (Å²) in [6.07, 6.45) is 2.66. The first-order valence-corrected chi connectivity index (χ1v) is 9.81. The van der Waals surface area contributed by atoms with Gasteiger partial charge in [0.05, 0.1) is 32.7 Å². The van der Waals surface area contributed by atoms with E-state index >= 15 is 0 Å². The van der Waals surface area contributed by atoms with Gasteiger partial charge in [-0.05, 0) is 42.3 Å². The Kier molecular flexibility index (Phi) is 6.86. The summed E-state index contributed by atoms with van der Waals surface area (Å²) in [5.74, 6) is 2.22. The summed E-state index contributed by atoms with van der Waals surface area (Å²) in [5.41, 5.74) is 5.76. The smallest absolute Gasteiger partial charge is 0.203 e. The molecule has 2 aromatic carbocycles. The van der Waals surface area contributed by atoms with Crippen LogP contribution in [0.4, 0.5) is 5.13 Å². The molecule has 7 heteroatoms. The number of thiazole rings is 1. The first-order valence-electron chi connectivity index (χ1n) is 8.93. The number of hydrogen-bond donors (Lipinski definition) is 1. The molecule has 0 aliphatic rings. The van der Waals surface area contributed by atoms with E-state index in [1.54, 1.807) is 20.4 Å². The number of hydrogen-bond acceptors (Lipinski definition) is 7. The van der Waals surface area contributed by atoms with Crippen molar-refractivity contribution >= 4 is 22.7 Å². The van der Waals surface area contributed by atoms with E-state index in [9.17, 15) is 0 Å².